The van der Waals surface area contributed by atoms with E-state index >= 15 is 0 Å². The van der Waals surface area contributed by atoms with Gasteiger partial charge in [-0.05, 0) is 48.0 Å². The van der Waals surface area contributed by atoms with E-state index in [9.17, 15) is 18.5 Å². The summed E-state index contributed by atoms with van der Waals surface area (Å²) >= 11 is 5.78. The molecule has 0 fully saturated rings. The molecule has 6 nitrogen and oxygen atoms in total. The summed E-state index contributed by atoms with van der Waals surface area (Å²) in [5.41, 5.74) is -0.226. The molecule has 0 saturated heterocycles. The SMILES string of the molecule is COc1cc(C=C(C#N)C(=O)C(C)(C)C)ccc1OS(=O)(=O)c1ccc(Cl)cc1. The summed E-state index contributed by atoms with van der Waals surface area (Å²) in [5.74, 6) is -0.193. The third-order valence-electron chi connectivity index (χ3n) is 3.85. The van der Waals surface area contributed by atoms with Crippen molar-refractivity contribution in [2.45, 2.75) is 25.7 Å². The Morgan fingerprint density at radius 1 is 1.10 bits per heavy atom. The Kier molecular flexibility index (Phi) is 6.73. The van der Waals surface area contributed by atoms with Gasteiger partial charge >= 0.3 is 10.1 Å². The van der Waals surface area contributed by atoms with Crippen LogP contribution >= 0.6 is 11.6 Å². The van der Waals surface area contributed by atoms with Crippen LogP contribution in [0.3, 0.4) is 0 Å². The molecule has 2 aromatic rings. The van der Waals surface area contributed by atoms with E-state index in [2.05, 4.69) is 0 Å². The first-order valence-corrected chi connectivity index (χ1v) is 10.3. The van der Waals surface area contributed by atoms with Crippen LogP contribution in [0.25, 0.3) is 6.08 Å². The summed E-state index contributed by atoms with van der Waals surface area (Å²) in [4.78, 5) is 12.3. The van der Waals surface area contributed by atoms with Crippen LogP contribution in [0, 0.1) is 16.7 Å². The number of carbonyl (C=O) groups excluding carboxylic acids is 1. The number of halogens is 1. The number of hydrogen-bond donors (Lipinski definition) is 0. The second-order valence-electron chi connectivity index (χ2n) is 7.15. The zero-order valence-corrected chi connectivity index (χ0v) is 18.0. The number of carbonyl (C=O) groups is 1. The third-order valence-corrected chi connectivity index (χ3v) is 5.35. The number of methoxy groups -OCH3 is 1. The fourth-order valence-electron chi connectivity index (χ4n) is 2.33. The minimum absolute atomic E-state index is 0.0120. The topological polar surface area (TPSA) is 93.5 Å². The standard InChI is InChI=1S/C21H20ClNO5S/c1-21(2,3)20(24)15(13-23)11-14-5-10-18(19(12-14)27-4)28-29(25,26)17-8-6-16(22)7-9-17/h5-12H,1-4H3. The molecular formula is C21H20ClNO5S. The Morgan fingerprint density at radius 2 is 1.72 bits per heavy atom. The molecule has 0 aromatic heterocycles. The molecule has 8 heteroatoms. The molecule has 0 aliphatic heterocycles. The van der Waals surface area contributed by atoms with Gasteiger partial charge in [0.2, 0.25) is 0 Å². The Morgan fingerprint density at radius 3 is 2.24 bits per heavy atom. The lowest BCUT2D eigenvalue weighted by Crippen LogP contribution is -2.21. The molecule has 152 valence electrons. The molecule has 0 amide bonds. The van der Waals surface area contributed by atoms with Crippen LogP contribution < -0.4 is 8.92 Å². The number of hydrogen-bond acceptors (Lipinski definition) is 6. The zero-order valence-electron chi connectivity index (χ0n) is 16.4. The summed E-state index contributed by atoms with van der Waals surface area (Å²) in [5, 5.41) is 9.72. The van der Waals surface area contributed by atoms with Crippen LogP contribution in [0.1, 0.15) is 26.3 Å². The van der Waals surface area contributed by atoms with Crippen LogP contribution in [0.15, 0.2) is 52.9 Å². The lowest BCUT2D eigenvalue weighted by Gasteiger charge is -2.15. The van der Waals surface area contributed by atoms with E-state index in [1.807, 2.05) is 6.07 Å². The first kappa shape index (κ1) is 22.5. The highest BCUT2D eigenvalue weighted by Gasteiger charge is 2.25. The zero-order chi connectivity index (χ0) is 21.8. The molecule has 2 aromatic carbocycles. The number of rotatable bonds is 6. The third kappa shape index (κ3) is 5.59. The first-order chi connectivity index (χ1) is 13.5. The van der Waals surface area contributed by atoms with Gasteiger partial charge in [0.1, 0.15) is 11.0 Å². The molecular weight excluding hydrogens is 414 g/mol. The summed E-state index contributed by atoms with van der Waals surface area (Å²) in [6, 6.07) is 11.9. The van der Waals surface area contributed by atoms with Crippen LogP contribution in [0.5, 0.6) is 11.5 Å². The van der Waals surface area contributed by atoms with Gasteiger partial charge in [-0.25, -0.2) is 0 Å². The average Bonchev–Trinajstić information content (AvgIpc) is 2.66. The summed E-state index contributed by atoms with van der Waals surface area (Å²) < 4.78 is 35.3. The summed E-state index contributed by atoms with van der Waals surface area (Å²) in [7, 11) is -2.74. The number of nitriles is 1. The van der Waals surface area contributed by atoms with E-state index in [0.29, 0.717) is 10.6 Å². The number of ketones is 1. The van der Waals surface area contributed by atoms with Crippen LogP contribution in [0.4, 0.5) is 0 Å². The highest BCUT2D eigenvalue weighted by atomic mass is 35.5. The molecule has 0 heterocycles. The van der Waals surface area contributed by atoms with Crippen molar-refractivity contribution in [3.63, 3.8) is 0 Å². The number of Topliss-reactive ketones (excluding diaryl/α,β-unsaturated/α-hetero) is 1. The van der Waals surface area contributed by atoms with Crippen LogP contribution in [-0.4, -0.2) is 21.3 Å². The fraction of sp³-hybridized carbons (Fsp3) is 0.238. The average molecular weight is 434 g/mol. The minimum atomic E-state index is -4.10. The highest BCUT2D eigenvalue weighted by molar-refractivity contribution is 7.87. The van der Waals surface area contributed by atoms with E-state index in [4.69, 9.17) is 20.5 Å². The highest BCUT2D eigenvalue weighted by Crippen LogP contribution is 2.32. The molecule has 0 N–H and O–H groups in total. The lowest BCUT2D eigenvalue weighted by molar-refractivity contribution is -0.121. The Balaban J connectivity index is 2.38. The van der Waals surface area contributed by atoms with E-state index in [0.717, 1.165) is 0 Å². The predicted molar refractivity (Wildman–Crippen MR) is 110 cm³/mol. The van der Waals surface area contributed by atoms with Gasteiger partial charge in [-0.2, -0.15) is 13.7 Å². The lowest BCUT2D eigenvalue weighted by atomic mass is 9.86. The maximum absolute atomic E-state index is 12.5. The first-order valence-electron chi connectivity index (χ1n) is 8.52. The van der Waals surface area contributed by atoms with Gasteiger partial charge in [-0.1, -0.05) is 38.4 Å². The van der Waals surface area contributed by atoms with Crippen molar-refractivity contribution in [1.82, 2.24) is 0 Å². The molecule has 0 radical (unpaired) electrons. The smallest absolute Gasteiger partial charge is 0.339 e. The van der Waals surface area contributed by atoms with Gasteiger partial charge in [-0.3, -0.25) is 4.79 Å². The summed E-state index contributed by atoms with van der Waals surface area (Å²) in [6.07, 6.45) is 1.42. The molecule has 0 saturated carbocycles. The number of allylic oxidation sites excluding steroid dienone is 1. The maximum Gasteiger partial charge on any atom is 0.339 e. The van der Waals surface area contributed by atoms with E-state index in [-0.39, 0.29) is 27.8 Å². The van der Waals surface area contributed by atoms with Gasteiger partial charge in [0.05, 0.1) is 12.7 Å². The molecule has 0 unspecified atom stereocenters. The monoisotopic (exact) mass is 433 g/mol. The predicted octanol–water partition coefficient (Wildman–Crippen LogP) is 4.64. The van der Waals surface area contributed by atoms with Crippen molar-refractivity contribution in [3.05, 3.63) is 58.6 Å². The Hall–Kier alpha value is -2.82. The molecule has 0 atom stereocenters. The quantitative estimate of drug-likeness (QED) is 0.374. The molecule has 29 heavy (non-hydrogen) atoms. The van der Waals surface area contributed by atoms with Crippen molar-refractivity contribution < 1.29 is 22.1 Å². The van der Waals surface area contributed by atoms with Gasteiger partial charge < -0.3 is 8.92 Å². The molecule has 0 bridgehead atoms. The van der Waals surface area contributed by atoms with Crippen molar-refractivity contribution in [1.29, 1.82) is 5.26 Å². The van der Waals surface area contributed by atoms with Gasteiger partial charge in [0.15, 0.2) is 17.3 Å². The molecule has 2 rings (SSSR count). The largest absolute Gasteiger partial charge is 0.493 e. The molecule has 0 aliphatic carbocycles. The summed E-state index contributed by atoms with van der Waals surface area (Å²) in [6.45, 7) is 5.17. The van der Waals surface area contributed by atoms with E-state index in [1.165, 1.54) is 55.7 Å². The Labute approximate surface area is 175 Å². The van der Waals surface area contributed by atoms with Gasteiger partial charge in [0, 0.05) is 10.4 Å². The van der Waals surface area contributed by atoms with Crippen LogP contribution in [-0.2, 0) is 14.9 Å². The van der Waals surface area contributed by atoms with Gasteiger partial charge in [0.25, 0.3) is 0 Å². The molecule has 0 aliphatic rings. The number of benzene rings is 2. The van der Waals surface area contributed by atoms with E-state index in [1.54, 1.807) is 20.8 Å². The van der Waals surface area contributed by atoms with Crippen LogP contribution in [0.2, 0.25) is 5.02 Å². The second-order valence-corrected chi connectivity index (χ2v) is 9.13. The van der Waals surface area contributed by atoms with Crippen molar-refractivity contribution in [2.24, 2.45) is 5.41 Å². The van der Waals surface area contributed by atoms with E-state index < -0.39 is 15.5 Å². The van der Waals surface area contributed by atoms with Crippen molar-refractivity contribution >= 4 is 33.6 Å². The van der Waals surface area contributed by atoms with Crippen molar-refractivity contribution in [2.75, 3.05) is 7.11 Å². The number of nitrogens with zero attached hydrogens (tertiary/aromatic N) is 1. The maximum atomic E-state index is 12.5. The number of ether oxygens (including phenoxy) is 1. The molecule has 0 spiro atoms. The normalized spacial score (nSPS) is 12.2. The minimum Gasteiger partial charge on any atom is -0.493 e. The second kappa shape index (κ2) is 8.68. The Bertz CT molecular complexity index is 1090. The van der Waals surface area contributed by atoms with Crippen molar-refractivity contribution in [3.8, 4) is 17.6 Å². The van der Waals surface area contributed by atoms with Gasteiger partial charge in [-0.15, -0.1) is 0 Å². The fourth-order valence-corrected chi connectivity index (χ4v) is 3.40.